The van der Waals surface area contributed by atoms with Gasteiger partial charge >= 0.3 is 0 Å². The summed E-state index contributed by atoms with van der Waals surface area (Å²) >= 11 is 4.98. The molecule has 0 amide bonds. The normalized spacial score (nSPS) is 12.5. The van der Waals surface area contributed by atoms with E-state index in [0.717, 1.165) is 11.3 Å². The number of hydrogen-bond acceptors (Lipinski definition) is 6. The van der Waals surface area contributed by atoms with Crippen LogP contribution in [0, 0.1) is 0 Å². The van der Waals surface area contributed by atoms with E-state index in [4.69, 9.17) is 5.73 Å². The third-order valence-electron chi connectivity index (χ3n) is 1.37. The minimum atomic E-state index is -0.925. The first-order chi connectivity index (χ1) is 6.02. The van der Waals surface area contributed by atoms with Gasteiger partial charge in [0.2, 0.25) is 5.78 Å². The number of nitrogens with two attached hydrogens (primary N) is 1. The van der Waals surface area contributed by atoms with E-state index in [-0.39, 0.29) is 16.6 Å². The molecule has 0 aromatic carbocycles. The zero-order chi connectivity index (χ0) is 10.0. The molecule has 1 unspecified atom stereocenters. The standard InChI is InChI=1S/C7H8N2O2S2/c1-3(10)6(12)5(11)7-9-4(8)2-13-7/h2,6,12H,8H2,1H3. The number of aromatic nitrogens is 1. The lowest BCUT2D eigenvalue weighted by Crippen LogP contribution is -2.22. The van der Waals surface area contributed by atoms with Crippen molar-refractivity contribution in [2.24, 2.45) is 0 Å². The fraction of sp³-hybridized carbons (Fsp3) is 0.286. The van der Waals surface area contributed by atoms with Gasteiger partial charge in [-0.3, -0.25) is 9.59 Å². The van der Waals surface area contributed by atoms with Gasteiger partial charge in [0.25, 0.3) is 0 Å². The summed E-state index contributed by atoms with van der Waals surface area (Å²) in [5.41, 5.74) is 5.33. The van der Waals surface area contributed by atoms with E-state index in [0.29, 0.717) is 0 Å². The molecule has 0 saturated carbocycles. The van der Waals surface area contributed by atoms with Crippen LogP contribution < -0.4 is 5.73 Å². The predicted octanol–water partition coefficient (Wildman–Crippen LogP) is 0.795. The highest BCUT2D eigenvalue weighted by atomic mass is 32.1. The SMILES string of the molecule is CC(=O)C(S)C(=O)c1nc(N)cs1. The molecule has 0 bridgehead atoms. The summed E-state index contributed by atoms with van der Waals surface area (Å²) in [6.07, 6.45) is 0. The molecule has 4 nitrogen and oxygen atoms in total. The van der Waals surface area contributed by atoms with Gasteiger partial charge < -0.3 is 5.73 Å². The van der Waals surface area contributed by atoms with Crippen LogP contribution in [0.5, 0.6) is 0 Å². The van der Waals surface area contributed by atoms with Crippen molar-refractivity contribution in [3.8, 4) is 0 Å². The van der Waals surface area contributed by atoms with E-state index < -0.39 is 11.0 Å². The Morgan fingerprint density at radius 1 is 1.69 bits per heavy atom. The maximum Gasteiger partial charge on any atom is 0.211 e. The Balaban J connectivity index is 2.85. The molecule has 1 rings (SSSR count). The first kappa shape index (κ1) is 10.2. The number of carbonyl (C=O) groups is 2. The third kappa shape index (κ3) is 2.28. The molecule has 6 heteroatoms. The van der Waals surface area contributed by atoms with Crippen LogP contribution >= 0.6 is 24.0 Å². The Bertz CT molecular complexity index is 348. The number of hydrogen-bond donors (Lipinski definition) is 2. The highest BCUT2D eigenvalue weighted by Gasteiger charge is 2.22. The fourth-order valence-electron chi connectivity index (χ4n) is 0.701. The molecular formula is C7H8N2O2S2. The number of nitrogen functional groups attached to an aromatic ring is 1. The first-order valence-electron chi connectivity index (χ1n) is 3.46. The zero-order valence-corrected chi connectivity index (χ0v) is 8.56. The van der Waals surface area contributed by atoms with E-state index in [1.165, 1.54) is 6.92 Å². The number of Topliss-reactive ketones (excluding diaryl/α,β-unsaturated/α-hetero) is 2. The summed E-state index contributed by atoms with van der Waals surface area (Å²) in [7, 11) is 0. The minimum absolute atomic E-state index is 0.229. The summed E-state index contributed by atoms with van der Waals surface area (Å²) < 4.78 is 0. The molecule has 2 N–H and O–H groups in total. The van der Waals surface area contributed by atoms with Gasteiger partial charge in [-0.15, -0.1) is 11.3 Å². The molecule has 1 heterocycles. The van der Waals surface area contributed by atoms with Crippen molar-refractivity contribution >= 4 is 41.3 Å². The largest absolute Gasteiger partial charge is 0.383 e. The van der Waals surface area contributed by atoms with E-state index >= 15 is 0 Å². The summed E-state index contributed by atoms with van der Waals surface area (Å²) in [6, 6.07) is 0. The first-order valence-corrected chi connectivity index (χ1v) is 4.85. The van der Waals surface area contributed by atoms with Crippen LogP contribution in [0.15, 0.2) is 5.38 Å². The van der Waals surface area contributed by atoms with Crippen molar-refractivity contribution in [3.63, 3.8) is 0 Å². The van der Waals surface area contributed by atoms with E-state index in [9.17, 15) is 9.59 Å². The van der Waals surface area contributed by atoms with Gasteiger partial charge in [0.1, 0.15) is 16.9 Å². The zero-order valence-electron chi connectivity index (χ0n) is 6.85. The molecular weight excluding hydrogens is 208 g/mol. The molecule has 70 valence electrons. The van der Waals surface area contributed by atoms with Crippen LogP contribution in [0.3, 0.4) is 0 Å². The van der Waals surface area contributed by atoms with Crippen LogP contribution in [0.25, 0.3) is 0 Å². The lowest BCUT2D eigenvalue weighted by molar-refractivity contribution is -0.115. The van der Waals surface area contributed by atoms with Crippen LogP contribution in [-0.4, -0.2) is 21.8 Å². The second-order valence-corrected chi connectivity index (χ2v) is 3.83. The Hall–Kier alpha value is -0.880. The van der Waals surface area contributed by atoms with Gasteiger partial charge in [0, 0.05) is 5.38 Å². The van der Waals surface area contributed by atoms with Crippen molar-refractivity contribution in [2.45, 2.75) is 12.2 Å². The van der Waals surface area contributed by atoms with Crippen LogP contribution in [0.4, 0.5) is 5.82 Å². The van der Waals surface area contributed by atoms with Crippen LogP contribution in [0.1, 0.15) is 16.7 Å². The van der Waals surface area contributed by atoms with Crippen molar-refractivity contribution < 1.29 is 9.59 Å². The van der Waals surface area contributed by atoms with Crippen molar-refractivity contribution in [1.82, 2.24) is 4.98 Å². The van der Waals surface area contributed by atoms with Crippen molar-refractivity contribution in [1.29, 1.82) is 0 Å². The van der Waals surface area contributed by atoms with E-state index in [2.05, 4.69) is 17.6 Å². The molecule has 0 saturated heterocycles. The molecule has 1 atom stereocenters. The average Bonchev–Trinajstić information content (AvgIpc) is 2.49. The maximum absolute atomic E-state index is 11.4. The lowest BCUT2D eigenvalue weighted by Gasteiger charge is -2.01. The number of rotatable bonds is 3. The van der Waals surface area contributed by atoms with Crippen molar-refractivity contribution in [3.05, 3.63) is 10.4 Å². The Kier molecular flexibility index (Phi) is 3.05. The number of nitrogens with zero attached hydrogens (tertiary/aromatic N) is 1. The Morgan fingerprint density at radius 3 is 2.69 bits per heavy atom. The van der Waals surface area contributed by atoms with Gasteiger partial charge in [-0.05, 0) is 6.92 Å². The highest BCUT2D eigenvalue weighted by molar-refractivity contribution is 7.82. The number of anilines is 1. The predicted molar refractivity (Wildman–Crippen MR) is 54.3 cm³/mol. The van der Waals surface area contributed by atoms with Gasteiger partial charge in [-0.1, -0.05) is 0 Å². The topological polar surface area (TPSA) is 73.0 Å². The number of carbonyl (C=O) groups excluding carboxylic acids is 2. The Morgan fingerprint density at radius 2 is 2.31 bits per heavy atom. The number of thiol groups is 1. The number of thiazole rings is 1. The van der Waals surface area contributed by atoms with Crippen LogP contribution in [0.2, 0.25) is 0 Å². The smallest absolute Gasteiger partial charge is 0.211 e. The molecule has 0 aliphatic carbocycles. The lowest BCUT2D eigenvalue weighted by atomic mass is 10.2. The molecule has 1 aromatic heterocycles. The summed E-state index contributed by atoms with van der Waals surface area (Å²) in [5.74, 6) is -0.392. The maximum atomic E-state index is 11.4. The summed E-state index contributed by atoms with van der Waals surface area (Å²) in [4.78, 5) is 26.0. The quantitative estimate of drug-likeness (QED) is 0.445. The third-order valence-corrected chi connectivity index (χ3v) is 2.84. The second-order valence-electron chi connectivity index (χ2n) is 2.45. The molecule has 0 aliphatic rings. The fourth-order valence-corrected chi connectivity index (χ4v) is 1.59. The van der Waals surface area contributed by atoms with Gasteiger partial charge in [0.05, 0.1) is 0 Å². The van der Waals surface area contributed by atoms with Gasteiger partial charge in [-0.25, -0.2) is 4.98 Å². The van der Waals surface area contributed by atoms with E-state index in [1.807, 2.05) is 0 Å². The monoisotopic (exact) mass is 216 g/mol. The second kappa shape index (κ2) is 3.89. The molecule has 0 spiro atoms. The molecule has 0 radical (unpaired) electrons. The highest BCUT2D eigenvalue weighted by Crippen LogP contribution is 2.15. The van der Waals surface area contributed by atoms with Gasteiger partial charge in [0.15, 0.2) is 5.01 Å². The molecule has 0 aliphatic heterocycles. The molecule has 0 fully saturated rings. The Labute approximate surface area is 84.6 Å². The van der Waals surface area contributed by atoms with Crippen molar-refractivity contribution in [2.75, 3.05) is 5.73 Å². The van der Waals surface area contributed by atoms with Gasteiger partial charge in [-0.2, -0.15) is 12.6 Å². The van der Waals surface area contributed by atoms with E-state index in [1.54, 1.807) is 5.38 Å². The average molecular weight is 216 g/mol. The minimum Gasteiger partial charge on any atom is -0.383 e. The summed E-state index contributed by atoms with van der Waals surface area (Å²) in [6.45, 7) is 1.31. The van der Waals surface area contributed by atoms with Crippen LogP contribution in [-0.2, 0) is 4.79 Å². The molecule has 13 heavy (non-hydrogen) atoms. The molecule has 1 aromatic rings. The summed E-state index contributed by atoms with van der Waals surface area (Å²) in [5, 5.41) is 0.853. The number of ketones is 2.